The second kappa shape index (κ2) is 5.17. The number of carbonyl (C=O) groups is 1. The number of aliphatic imine (C=N–C) groups is 1. The van der Waals surface area contributed by atoms with Gasteiger partial charge in [-0.2, -0.15) is 0 Å². The maximum Gasteiger partial charge on any atom is 0.244 e. The fourth-order valence-corrected chi connectivity index (χ4v) is 0.575. The summed E-state index contributed by atoms with van der Waals surface area (Å²) in [5, 5.41) is 0. The van der Waals surface area contributed by atoms with Gasteiger partial charge < -0.3 is 17.2 Å². The number of primary amides is 1. The van der Waals surface area contributed by atoms with Crippen molar-refractivity contribution in [3.63, 3.8) is 0 Å². The molecule has 68 valence electrons. The summed E-state index contributed by atoms with van der Waals surface area (Å²) in [6.45, 7) is 2.13. The van der Waals surface area contributed by atoms with Gasteiger partial charge in [-0.25, -0.2) is 0 Å². The predicted octanol–water partition coefficient (Wildman–Crippen LogP) is -0.918. The molecule has 0 aromatic heterocycles. The van der Waals surface area contributed by atoms with Crippen LogP contribution in [0.1, 0.15) is 13.3 Å². The van der Waals surface area contributed by atoms with Crippen LogP contribution in [0.25, 0.3) is 0 Å². The third kappa shape index (κ3) is 5.28. The van der Waals surface area contributed by atoms with Gasteiger partial charge in [0.15, 0.2) is 5.96 Å². The van der Waals surface area contributed by atoms with Gasteiger partial charge >= 0.3 is 0 Å². The van der Waals surface area contributed by atoms with Crippen molar-refractivity contribution in [1.82, 2.24) is 0 Å². The van der Waals surface area contributed by atoms with Gasteiger partial charge in [0.25, 0.3) is 0 Å². The van der Waals surface area contributed by atoms with E-state index in [-0.39, 0.29) is 5.96 Å². The molecule has 0 unspecified atom stereocenters. The number of nitrogens with two attached hydrogens (primary N) is 3. The molecule has 0 heterocycles. The molecular weight excluding hydrogens is 156 g/mol. The summed E-state index contributed by atoms with van der Waals surface area (Å²) in [5.74, 6) is -0.361. The lowest BCUT2D eigenvalue weighted by Crippen LogP contribution is -2.22. The molecule has 0 aromatic rings. The van der Waals surface area contributed by atoms with E-state index in [9.17, 15) is 4.79 Å². The molecule has 12 heavy (non-hydrogen) atoms. The molecule has 0 aromatic carbocycles. The highest BCUT2D eigenvalue weighted by Crippen LogP contribution is 1.93. The van der Waals surface area contributed by atoms with Crippen LogP contribution in [0.5, 0.6) is 0 Å². The molecule has 5 nitrogen and oxygen atoms in total. The Morgan fingerprint density at radius 3 is 2.42 bits per heavy atom. The van der Waals surface area contributed by atoms with Gasteiger partial charge in [-0.3, -0.25) is 9.79 Å². The minimum Gasteiger partial charge on any atom is -0.370 e. The van der Waals surface area contributed by atoms with E-state index >= 15 is 0 Å². The Bertz CT molecular complexity index is 215. The number of amides is 1. The van der Waals surface area contributed by atoms with Crippen molar-refractivity contribution < 1.29 is 4.79 Å². The number of rotatable bonds is 4. The second-order valence-corrected chi connectivity index (χ2v) is 2.35. The molecule has 0 rings (SSSR count). The lowest BCUT2D eigenvalue weighted by molar-refractivity contribution is -0.114. The first-order chi connectivity index (χ1) is 5.54. The zero-order valence-corrected chi connectivity index (χ0v) is 7.08. The van der Waals surface area contributed by atoms with Crippen LogP contribution in [0, 0.1) is 0 Å². The minimum atomic E-state index is -0.417. The molecule has 0 radical (unpaired) electrons. The van der Waals surface area contributed by atoms with Gasteiger partial charge in [0.1, 0.15) is 0 Å². The van der Waals surface area contributed by atoms with Gasteiger partial charge in [0.05, 0.1) is 0 Å². The first kappa shape index (κ1) is 10.5. The fourth-order valence-electron chi connectivity index (χ4n) is 0.575. The van der Waals surface area contributed by atoms with E-state index in [2.05, 4.69) is 4.99 Å². The van der Waals surface area contributed by atoms with Crippen LogP contribution < -0.4 is 17.2 Å². The summed E-state index contributed by atoms with van der Waals surface area (Å²) < 4.78 is 0. The summed E-state index contributed by atoms with van der Waals surface area (Å²) in [5.41, 5.74) is 15.7. The van der Waals surface area contributed by atoms with Crippen molar-refractivity contribution >= 4 is 11.9 Å². The van der Waals surface area contributed by atoms with Gasteiger partial charge in [0, 0.05) is 12.1 Å². The van der Waals surface area contributed by atoms with Crippen LogP contribution in [-0.2, 0) is 4.79 Å². The first-order valence-corrected chi connectivity index (χ1v) is 3.56. The van der Waals surface area contributed by atoms with E-state index in [0.29, 0.717) is 18.5 Å². The van der Waals surface area contributed by atoms with Crippen LogP contribution in [0.2, 0.25) is 0 Å². The van der Waals surface area contributed by atoms with E-state index < -0.39 is 5.91 Å². The zero-order chi connectivity index (χ0) is 9.56. The molecule has 1 amide bonds. The van der Waals surface area contributed by atoms with E-state index in [1.807, 2.05) is 0 Å². The minimum absolute atomic E-state index is 0.0557. The van der Waals surface area contributed by atoms with Crippen molar-refractivity contribution in [2.75, 3.05) is 6.54 Å². The number of carbonyl (C=O) groups excluding carboxylic acids is 1. The number of nitrogens with zero attached hydrogens (tertiary/aromatic N) is 1. The highest BCUT2D eigenvalue weighted by atomic mass is 16.1. The Morgan fingerprint density at radius 2 is 2.00 bits per heavy atom. The molecule has 6 N–H and O–H groups in total. The zero-order valence-electron chi connectivity index (χ0n) is 7.08. The lowest BCUT2D eigenvalue weighted by atomic mass is 10.2. The molecule has 5 heteroatoms. The monoisotopic (exact) mass is 170 g/mol. The van der Waals surface area contributed by atoms with Crippen LogP contribution in [0.3, 0.4) is 0 Å². The molecule has 0 aliphatic heterocycles. The number of hydrogen-bond donors (Lipinski definition) is 3. The summed E-state index contributed by atoms with van der Waals surface area (Å²) in [6.07, 6.45) is 2.32. The van der Waals surface area contributed by atoms with Gasteiger partial charge in [-0.05, 0) is 13.3 Å². The van der Waals surface area contributed by atoms with Crippen molar-refractivity contribution in [3.8, 4) is 0 Å². The third-order valence-corrected chi connectivity index (χ3v) is 1.26. The maximum atomic E-state index is 10.5. The fraction of sp³-hybridized carbons (Fsp3) is 0.429. The Hall–Kier alpha value is -1.52. The lowest BCUT2D eigenvalue weighted by Gasteiger charge is -1.93. The molecule has 0 saturated carbocycles. The Morgan fingerprint density at radius 1 is 1.42 bits per heavy atom. The molecule has 0 fully saturated rings. The average molecular weight is 170 g/mol. The van der Waals surface area contributed by atoms with E-state index in [4.69, 9.17) is 17.2 Å². The van der Waals surface area contributed by atoms with Crippen molar-refractivity contribution in [1.29, 1.82) is 0 Å². The van der Waals surface area contributed by atoms with Gasteiger partial charge in [-0.1, -0.05) is 6.08 Å². The Balaban J connectivity index is 3.75. The summed E-state index contributed by atoms with van der Waals surface area (Å²) in [6, 6.07) is 0. The maximum absolute atomic E-state index is 10.5. The average Bonchev–Trinajstić information content (AvgIpc) is 1.97. The van der Waals surface area contributed by atoms with Gasteiger partial charge in [-0.15, -0.1) is 0 Å². The second-order valence-electron chi connectivity index (χ2n) is 2.35. The highest BCUT2D eigenvalue weighted by molar-refractivity contribution is 5.91. The smallest absolute Gasteiger partial charge is 0.244 e. The SMILES string of the molecule is CC(=CCCN=C(N)N)C(N)=O. The molecule has 0 spiro atoms. The Kier molecular flexibility index (Phi) is 4.52. The van der Waals surface area contributed by atoms with Crippen molar-refractivity contribution in [3.05, 3.63) is 11.6 Å². The number of hydrogen-bond acceptors (Lipinski definition) is 2. The molecule has 0 saturated heterocycles. The summed E-state index contributed by atoms with van der Waals surface area (Å²) in [4.78, 5) is 14.2. The topological polar surface area (TPSA) is 107 Å². The first-order valence-electron chi connectivity index (χ1n) is 3.56. The summed E-state index contributed by atoms with van der Waals surface area (Å²) in [7, 11) is 0. The van der Waals surface area contributed by atoms with Crippen LogP contribution in [0.4, 0.5) is 0 Å². The largest absolute Gasteiger partial charge is 0.370 e. The highest BCUT2D eigenvalue weighted by Gasteiger charge is 1.94. The van der Waals surface area contributed by atoms with Crippen LogP contribution >= 0.6 is 0 Å². The molecule has 0 aliphatic rings. The van der Waals surface area contributed by atoms with Crippen LogP contribution in [-0.4, -0.2) is 18.4 Å². The van der Waals surface area contributed by atoms with Gasteiger partial charge in [0.2, 0.25) is 5.91 Å². The van der Waals surface area contributed by atoms with Crippen molar-refractivity contribution in [2.24, 2.45) is 22.2 Å². The van der Waals surface area contributed by atoms with Crippen LogP contribution in [0.15, 0.2) is 16.6 Å². The number of guanidine groups is 1. The molecule has 0 aliphatic carbocycles. The quantitative estimate of drug-likeness (QED) is 0.220. The van der Waals surface area contributed by atoms with Crippen molar-refractivity contribution in [2.45, 2.75) is 13.3 Å². The normalized spacial score (nSPS) is 10.9. The third-order valence-electron chi connectivity index (χ3n) is 1.26. The predicted molar refractivity (Wildman–Crippen MR) is 48.2 cm³/mol. The standard InChI is InChI=1S/C7H14N4O/c1-5(6(8)12)3-2-4-11-7(9)10/h3H,2,4H2,1H3,(H2,8,12)(H4,9,10,11). The van der Waals surface area contributed by atoms with E-state index in [0.717, 1.165) is 0 Å². The Labute approximate surface area is 71.3 Å². The van der Waals surface area contributed by atoms with E-state index in [1.54, 1.807) is 13.0 Å². The molecular formula is C7H14N4O. The molecule has 0 bridgehead atoms. The summed E-state index contributed by atoms with van der Waals surface area (Å²) >= 11 is 0. The van der Waals surface area contributed by atoms with E-state index in [1.165, 1.54) is 0 Å². The molecule has 0 atom stereocenters.